The lowest BCUT2D eigenvalue weighted by molar-refractivity contribution is -0.138. The minimum absolute atomic E-state index is 0.153. The quantitative estimate of drug-likeness (QED) is 0.0517. The van der Waals surface area contributed by atoms with Crippen LogP contribution in [0.3, 0.4) is 0 Å². The third-order valence-electron chi connectivity index (χ3n) is 9.50. The number of urea groups is 1. The highest BCUT2D eigenvalue weighted by Crippen LogP contribution is 2.40. The molecule has 0 bridgehead atoms. The molecular weight excluding hydrogens is 815 g/mol. The Balaban J connectivity index is 1.15. The second kappa shape index (κ2) is 18.5. The van der Waals surface area contributed by atoms with E-state index in [-0.39, 0.29) is 34.5 Å². The van der Waals surface area contributed by atoms with E-state index in [0.29, 0.717) is 50.9 Å². The lowest BCUT2D eigenvalue weighted by Crippen LogP contribution is -2.32. The van der Waals surface area contributed by atoms with E-state index in [1.165, 1.54) is 14.2 Å². The Labute approximate surface area is 358 Å². The fraction of sp³-hybridized carbons (Fsp3) is 0.200. The van der Waals surface area contributed by atoms with Crippen LogP contribution in [-0.2, 0) is 26.7 Å². The molecule has 6 aromatic rings. The zero-order chi connectivity index (χ0) is 44.8. The van der Waals surface area contributed by atoms with Crippen LogP contribution in [0.25, 0.3) is 10.8 Å². The molecule has 1 heterocycles. The van der Waals surface area contributed by atoms with Gasteiger partial charge < -0.3 is 46.3 Å². The molecule has 0 unspecified atom stereocenters. The van der Waals surface area contributed by atoms with Crippen LogP contribution in [0.4, 0.5) is 39.0 Å². The number of nitrogens with zero attached hydrogens (tertiary/aromatic N) is 1. The van der Waals surface area contributed by atoms with Crippen molar-refractivity contribution in [3.63, 3.8) is 0 Å². The van der Waals surface area contributed by atoms with Gasteiger partial charge in [-0.15, -0.1) is 0 Å². The van der Waals surface area contributed by atoms with E-state index >= 15 is 0 Å². The molecule has 0 saturated carbocycles. The van der Waals surface area contributed by atoms with Gasteiger partial charge >= 0.3 is 12.0 Å². The van der Waals surface area contributed by atoms with Crippen LogP contribution >= 0.6 is 0 Å². The number of carbonyl (C=O) groups is 3. The number of rotatable bonds is 15. The van der Waals surface area contributed by atoms with Gasteiger partial charge in [0.15, 0.2) is 5.75 Å². The molecule has 0 fully saturated rings. The molecule has 8 N–H and O–H groups in total. The Morgan fingerprint density at radius 1 is 0.774 bits per heavy atom. The normalized spacial score (nSPS) is 11.9. The van der Waals surface area contributed by atoms with E-state index in [4.69, 9.17) is 25.1 Å². The molecule has 1 atom stereocenters. The van der Waals surface area contributed by atoms with Gasteiger partial charge in [0.25, 0.3) is 5.91 Å². The molecule has 0 spiro atoms. The molecule has 17 heteroatoms. The van der Waals surface area contributed by atoms with Gasteiger partial charge in [-0.1, -0.05) is 57.2 Å². The van der Waals surface area contributed by atoms with Crippen LogP contribution in [0, 0.1) is 0 Å². The van der Waals surface area contributed by atoms with Gasteiger partial charge in [-0.3, -0.25) is 14.3 Å². The summed E-state index contributed by atoms with van der Waals surface area (Å²) in [6, 6.07) is 27.8. The molecule has 0 radical (unpaired) electrons. The van der Waals surface area contributed by atoms with Crippen molar-refractivity contribution >= 4 is 73.0 Å². The summed E-state index contributed by atoms with van der Waals surface area (Å²) in [5, 5.41) is 22.3. The van der Waals surface area contributed by atoms with Crippen molar-refractivity contribution in [3.8, 4) is 23.0 Å². The van der Waals surface area contributed by atoms with Crippen molar-refractivity contribution in [3.05, 3.63) is 126 Å². The van der Waals surface area contributed by atoms with E-state index in [1.807, 2.05) is 45.0 Å². The van der Waals surface area contributed by atoms with E-state index in [1.54, 1.807) is 85.1 Å². The number of amides is 3. The van der Waals surface area contributed by atoms with Crippen LogP contribution < -0.4 is 45.9 Å². The summed E-state index contributed by atoms with van der Waals surface area (Å²) in [4.78, 5) is 42.2. The lowest BCUT2D eigenvalue weighted by Gasteiger charge is -2.24. The fourth-order valence-electron chi connectivity index (χ4n) is 6.43. The van der Waals surface area contributed by atoms with Crippen LogP contribution in [0.1, 0.15) is 42.3 Å². The lowest BCUT2D eigenvalue weighted by atomic mass is 9.86. The fourth-order valence-corrected chi connectivity index (χ4v) is 6.98. The average Bonchev–Trinajstić information content (AvgIpc) is 3.21. The van der Waals surface area contributed by atoms with Gasteiger partial charge in [-0.25, -0.2) is 18.2 Å². The largest absolute Gasteiger partial charge is 0.496 e. The second-order valence-corrected chi connectivity index (χ2v) is 17.0. The summed E-state index contributed by atoms with van der Waals surface area (Å²) in [5.41, 5.74) is 9.08. The SMILES string of the molecule is COc1cc(Nc2cc(Oc3ccc(NC(=O)Nc4cc(C(C)(C)C)cc(NS(C)(=O)=O)c4OC)c4ccccc34)ccn2)ccc1C(=O)Nc1ccc(C[C@@H](N)C(=O)O)cc1. The van der Waals surface area contributed by atoms with E-state index in [0.717, 1.165) is 17.4 Å². The predicted octanol–water partition coefficient (Wildman–Crippen LogP) is 8.31. The van der Waals surface area contributed by atoms with Crippen LogP contribution in [0.2, 0.25) is 0 Å². The van der Waals surface area contributed by atoms with E-state index in [2.05, 4.69) is 31.0 Å². The summed E-state index contributed by atoms with van der Waals surface area (Å²) in [5.74, 6) is 0.389. The van der Waals surface area contributed by atoms with Gasteiger partial charge in [-0.2, -0.15) is 0 Å². The monoisotopic (exact) mass is 861 g/mol. The van der Waals surface area contributed by atoms with Crippen molar-refractivity contribution in [1.29, 1.82) is 0 Å². The maximum Gasteiger partial charge on any atom is 0.323 e. The number of aliphatic carboxylic acids is 1. The number of carboxylic acids is 1. The summed E-state index contributed by atoms with van der Waals surface area (Å²) in [7, 11) is -0.808. The van der Waals surface area contributed by atoms with E-state index in [9.17, 15) is 22.8 Å². The van der Waals surface area contributed by atoms with Crippen molar-refractivity contribution in [2.24, 2.45) is 5.73 Å². The number of nitrogens with two attached hydrogens (primary N) is 1. The predicted molar refractivity (Wildman–Crippen MR) is 241 cm³/mol. The molecule has 322 valence electrons. The van der Waals surface area contributed by atoms with Crippen LogP contribution in [0.15, 0.2) is 109 Å². The number of anilines is 6. The van der Waals surface area contributed by atoms with Gasteiger partial charge in [0.05, 0.1) is 43.1 Å². The number of ether oxygens (including phenoxy) is 3. The highest BCUT2D eigenvalue weighted by Gasteiger charge is 2.23. The Hall–Kier alpha value is -7.37. The minimum atomic E-state index is -3.66. The topological polar surface area (TPSA) is 232 Å². The number of pyridine rings is 1. The Bertz CT molecular complexity index is 2760. The zero-order valence-electron chi connectivity index (χ0n) is 34.8. The average molecular weight is 862 g/mol. The molecule has 0 aliphatic carbocycles. The molecule has 62 heavy (non-hydrogen) atoms. The van der Waals surface area contributed by atoms with Crippen molar-refractivity contribution in [1.82, 2.24) is 4.98 Å². The van der Waals surface area contributed by atoms with Crippen molar-refractivity contribution < 1.29 is 42.1 Å². The highest BCUT2D eigenvalue weighted by atomic mass is 32.2. The first-order chi connectivity index (χ1) is 29.4. The Morgan fingerprint density at radius 3 is 2.11 bits per heavy atom. The second-order valence-electron chi connectivity index (χ2n) is 15.3. The first-order valence-electron chi connectivity index (χ1n) is 19.2. The number of nitrogens with one attached hydrogen (secondary N) is 5. The third-order valence-corrected chi connectivity index (χ3v) is 10.1. The third kappa shape index (κ3) is 11.1. The van der Waals surface area contributed by atoms with Gasteiger partial charge in [0.2, 0.25) is 10.0 Å². The maximum absolute atomic E-state index is 13.5. The smallest absolute Gasteiger partial charge is 0.323 e. The number of carbonyl (C=O) groups excluding carboxylic acids is 2. The molecule has 16 nitrogen and oxygen atoms in total. The number of carboxylic acid groups (broad SMARTS) is 1. The number of aromatic nitrogens is 1. The van der Waals surface area contributed by atoms with Gasteiger partial charge in [0.1, 0.15) is 29.1 Å². The maximum atomic E-state index is 13.5. The standard InChI is InChI=1S/C45H47N7O9S/c1-45(2,3)27-22-36(41(60-5)37(23-27)52-62(6,57)58)51-44(56)50-35-17-18-38(32-10-8-7-9-31(32)35)61-30-19-20-47-40(25-30)48-29-15-16-33(39(24-29)59-4)42(53)49-28-13-11-26(12-14-28)21-34(46)43(54)55/h7-20,22-25,34,52H,21,46H2,1-6H3,(H,47,48)(H,49,53)(H,54,55)(H2,50,51,56)/t34-/m1/s1. The summed E-state index contributed by atoms with van der Waals surface area (Å²) < 4.78 is 44.3. The molecule has 0 aliphatic heterocycles. The molecular formula is C45H47N7O9S. The number of methoxy groups -OCH3 is 2. The summed E-state index contributed by atoms with van der Waals surface area (Å²) in [6.07, 6.45) is 2.78. The number of hydrogen-bond acceptors (Lipinski definition) is 11. The first-order valence-corrected chi connectivity index (χ1v) is 21.1. The minimum Gasteiger partial charge on any atom is -0.496 e. The van der Waals surface area contributed by atoms with Gasteiger partial charge in [0, 0.05) is 40.5 Å². The summed E-state index contributed by atoms with van der Waals surface area (Å²) >= 11 is 0. The molecule has 1 aromatic heterocycles. The first kappa shape index (κ1) is 44.2. The van der Waals surface area contributed by atoms with Crippen LogP contribution in [-0.4, -0.2) is 62.9 Å². The summed E-state index contributed by atoms with van der Waals surface area (Å²) in [6.45, 7) is 5.91. The van der Waals surface area contributed by atoms with Gasteiger partial charge in [-0.05, 0) is 77.6 Å². The molecule has 0 aliphatic rings. The Morgan fingerprint density at radius 2 is 1.45 bits per heavy atom. The number of benzene rings is 5. The zero-order valence-corrected chi connectivity index (χ0v) is 35.6. The van der Waals surface area contributed by atoms with Crippen molar-refractivity contribution in [2.75, 3.05) is 46.5 Å². The number of sulfonamides is 1. The number of hydrogen-bond donors (Lipinski definition) is 7. The Kier molecular flexibility index (Phi) is 13.2. The highest BCUT2D eigenvalue weighted by molar-refractivity contribution is 7.92. The molecule has 6 rings (SSSR count). The molecule has 3 amide bonds. The van der Waals surface area contributed by atoms with E-state index < -0.39 is 34.0 Å². The van der Waals surface area contributed by atoms with Crippen LogP contribution in [0.5, 0.6) is 23.0 Å². The number of fused-ring (bicyclic) bond motifs is 1. The van der Waals surface area contributed by atoms with Crippen molar-refractivity contribution in [2.45, 2.75) is 38.6 Å². The molecule has 5 aromatic carbocycles. The molecule has 0 saturated heterocycles.